The number of rotatable bonds is 6. The fourth-order valence-corrected chi connectivity index (χ4v) is 3.51. The molecule has 0 atom stereocenters. The Morgan fingerprint density at radius 2 is 2.05 bits per heavy atom. The molecular weight excluding hydrogens is 310 g/mol. The second-order valence-electron chi connectivity index (χ2n) is 4.85. The van der Waals surface area contributed by atoms with Crippen LogP contribution in [0.4, 0.5) is 5.82 Å². The van der Waals surface area contributed by atoms with Crippen LogP contribution in [0.3, 0.4) is 0 Å². The minimum Gasteiger partial charge on any atom is -0.268 e. The molecule has 0 aliphatic rings. The van der Waals surface area contributed by atoms with E-state index in [2.05, 4.69) is 22.2 Å². The van der Waals surface area contributed by atoms with E-state index < -0.39 is 10.0 Å². The molecule has 0 saturated heterocycles. The highest BCUT2D eigenvalue weighted by Gasteiger charge is 2.23. The molecule has 9 heteroatoms. The summed E-state index contributed by atoms with van der Waals surface area (Å²) < 4.78 is 27.2. The quantitative estimate of drug-likeness (QED) is 0.806. The first-order valence-electron chi connectivity index (χ1n) is 6.62. The largest absolute Gasteiger partial charge is 0.268 e. The van der Waals surface area contributed by atoms with Crippen molar-refractivity contribution in [2.24, 2.45) is 0 Å². The molecule has 21 heavy (non-hydrogen) atoms. The van der Waals surface area contributed by atoms with Crippen molar-refractivity contribution in [1.82, 2.24) is 20.0 Å². The van der Waals surface area contributed by atoms with Gasteiger partial charge in [0, 0.05) is 18.3 Å². The fraction of sp³-hybridized carbons (Fsp3) is 0.583. The summed E-state index contributed by atoms with van der Waals surface area (Å²) in [7, 11) is -3.43. The second-order valence-corrected chi connectivity index (χ2v) is 8.02. The average Bonchev–Trinajstić information content (AvgIpc) is 2.93. The third kappa shape index (κ3) is 3.79. The van der Waals surface area contributed by atoms with Crippen LogP contribution < -0.4 is 4.31 Å². The third-order valence-electron chi connectivity index (χ3n) is 2.91. The molecule has 0 amide bonds. The molecule has 2 heterocycles. The molecule has 0 aliphatic carbocycles. The van der Waals surface area contributed by atoms with Crippen LogP contribution in [-0.4, -0.2) is 34.7 Å². The molecule has 0 N–H and O–H groups in total. The maximum absolute atomic E-state index is 12.1. The van der Waals surface area contributed by atoms with Gasteiger partial charge in [0.1, 0.15) is 10.0 Å². The molecule has 0 unspecified atom stereocenters. The third-order valence-corrected chi connectivity index (χ3v) is 4.85. The molecule has 0 spiro atoms. The lowest BCUT2D eigenvalue weighted by molar-refractivity contribution is 0.580. The van der Waals surface area contributed by atoms with Gasteiger partial charge in [0.15, 0.2) is 5.82 Å². The summed E-state index contributed by atoms with van der Waals surface area (Å²) in [6.45, 7) is 6.74. The summed E-state index contributed by atoms with van der Waals surface area (Å²) >= 11 is 1.39. The van der Waals surface area contributed by atoms with Crippen molar-refractivity contribution in [3.63, 3.8) is 0 Å². The lowest BCUT2D eigenvalue weighted by Gasteiger charge is -2.17. The standard InChI is InChI=1S/C12H19N5O2S2/c1-5-6-16-9(2)7-11(15-16)17(21(4,18)19)8-12-14-13-10(3)20-12/h7H,5-6,8H2,1-4H3. The Morgan fingerprint density at radius 3 is 2.57 bits per heavy atom. The molecule has 116 valence electrons. The summed E-state index contributed by atoms with van der Waals surface area (Å²) in [6, 6.07) is 1.78. The van der Waals surface area contributed by atoms with E-state index in [-0.39, 0.29) is 6.54 Å². The summed E-state index contributed by atoms with van der Waals surface area (Å²) in [4.78, 5) is 0. The number of anilines is 1. The maximum Gasteiger partial charge on any atom is 0.233 e. The smallest absolute Gasteiger partial charge is 0.233 e. The Morgan fingerprint density at radius 1 is 1.33 bits per heavy atom. The summed E-state index contributed by atoms with van der Waals surface area (Å²) in [5.41, 5.74) is 0.939. The number of aromatic nitrogens is 4. The van der Waals surface area contributed by atoms with E-state index in [9.17, 15) is 8.42 Å². The molecule has 2 aromatic heterocycles. The molecule has 0 radical (unpaired) electrons. The zero-order valence-corrected chi connectivity index (χ0v) is 14.2. The first-order valence-corrected chi connectivity index (χ1v) is 9.29. The van der Waals surface area contributed by atoms with Gasteiger partial charge in [-0.3, -0.25) is 4.68 Å². The van der Waals surface area contributed by atoms with Crippen LogP contribution in [0.15, 0.2) is 6.07 Å². The Bertz CT molecular complexity index is 720. The van der Waals surface area contributed by atoms with Gasteiger partial charge in [-0.1, -0.05) is 18.3 Å². The van der Waals surface area contributed by atoms with E-state index >= 15 is 0 Å². The molecule has 0 bridgehead atoms. The number of nitrogens with zero attached hydrogens (tertiary/aromatic N) is 5. The van der Waals surface area contributed by atoms with Gasteiger partial charge in [-0.25, -0.2) is 12.7 Å². The lowest BCUT2D eigenvalue weighted by Crippen LogP contribution is -2.29. The molecule has 2 rings (SSSR count). The van der Waals surface area contributed by atoms with E-state index in [4.69, 9.17) is 0 Å². The number of hydrogen-bond donors (Lipinski definition) is 0. The molecule has 7 nitrogen and oxygen atoms in total. The van der Waals surface area contributed by atoms with Crippen molar-refractivity contribution in [1.29, 1.82) is 0 Å². The average molecular weight is 329 g/mol. The predicted octanol–water partition coefficient (Wildman–Crippen LogP) is 1.73. The van der Waals surface area contributed by atoms with Gasteiger partial charge in [-0.2, -0.15) is 5.10 Å². The Balaban J connectivity index is 2.34. The van der Waals surface area contributed by atoms with Gasteiger partial charge in [0.2, 0.25) is 10.0 Å². The van der Waals surface area contributed by atoms with Crippen molar-refractivity contribution < 1.29 is 8.42 Å². The van der Waals surface area contributed by atoms with E-state index in [0.29, 0.717) is 10.8 Å². The normalized spacial score (nSPS) is 11.8. The Kier molecular flexibility index (Phi) is 4.62. The van der Waals surface area contributed by atoms with Crippen LogP contribution >= 0.6 is 11.3 Å². The van der Waals surface area contributed by atoms with Gasteiger partial charge in [-0.15, -0.1) is 10.2 Å². The number of hydrogen-bond acceptors (Lipinski definition) is 6. The summed E-state index contributed by atoms with van der Waals surface area (Å²) in [6.07, 6.45) is 2.12. The van der Waals surface area contributed by atoms with Crippen LogP contribution in [0.1, 0.15) is 29.1 Å². The Hall–Kier alpha value is -1.48. The molecule has 2 aromatic rings. The van der Waals surface area contributed by atoms with E-state index in [1.54, 1.807) is 6.07 Å². The van der Waals surface area contributed by atoms with Crippen LogP contribution in [0.2, 0.25) is 0 Å². The number of sulfonamides is 1. The SMILES string of the molecule is CCCn1nc(N(Cc2nnc(C)s2)S(C)(=O)=O)cc1C. The molecule has 0 aromatic carbocycles. The van der Waals surface area contributed by atoms with Gasteiger partial charge < -0.3 is 0 Å². The topological polar surface area (TPSA) is 81.0 Å². The maximum atomic E-state index is 12.1. The summed E-state index contributed by atoms with van der Waals surface area (Å²) in [5.74, 6) is 0.427. The van der Waals surface area contributed by atoms with Crippen molar-refractivity contribution in [3.8, 4) is 0 Å². The highest BCUT2D eigenvalue weighted by molar-refractivity contribution is 7.92. The van der Waals surface area contributed by atoms with Crippen molar-refractivity contribution in [2.75, 3.05) is 10.6 Å². The van der Waals surface area contributed by atoms with E-state index in [1.165, 1.54) is 21.9 Å². The minimum atomic E-state index is -3.43. The van der Waals surface area contributed by atoms with Gasteiger partial charge in [0.25, 0.3) is 0 Å². The molecular formula is C12H19N5O2S2. The second kappa shape index (κ2) is 6.10. The van der Waals surface area contributed by atoms with Crippen molar-refractivity contribution in [2.45, 2.75) is 40.3 Å². The Labute approximate surface area is 128 Å². The van der Waals surface area contributed by atoms with Crippen LogP contribution in [0.25, 0.3) is 0 Å². The van der Waals surface area contributed by atoms with Gasteiger partial charge >= 0.3 is 0 Å². The van der Waals surface area contributed by atoms with E-state index in [1.807, 2.05) is 18.5 Å². The van der Waals surface area contributed by atoms with Gasteiger partial charge in [0.05, 0.1) is 12.8 Å². The van der Waals surface area contributed by atoms with Crippen LogP contribution in [0, 0.1) is 13.8 Å². The van der Waals surface area contributed by atoms with E-state index in [0.717, 1.165) is 23.7 Å². The highest BCUT2D eigenvalue weighted by Crippen LogP contribution is 2.21. The zero-order valence-electron chi connectivity index (χ0n) is 12.6. The lowest BCUT2D eigenvalue weighted by atomic mass is 10.4. The predicted molar refractivity (Wildman–Crippen MR) is 82.9 cm³/mol. The van der Waals surface area contributed by atoms with Crippen LogP contribution in [-0.2, 0) is 23.1 Å². The first kappa shape index (κ1) is 15.9. The number of aryl methyl sites for hydroxylation is 3. The molecule has 0 saturated carbocycles. The fourth-order valence-electron chi connectivity index (χ4n) is 1.95. The zero-order chi connectivity index (χ0) is 15.6. The van der Waals surface area contributed by atoms with Gasteiger partial charge in [-0.05, 0) is 20.3 Å². The monoisotopic (exact) mass is 329 g/mol. The molecule has 0 aliphatic heterocycles. The first-order chi connectivity index (χ1) is 9.81. The van der Waals surface area contributed by atoms with Crippen molar-refractivity contribution >= 4 is 27.2 Å². The molecule has 0 fully saturated rings. The minimum absolute atomic E-state index is 0.160. The van der Waals surface area contributed by atoms with Crippen LogP contribution in [0.5, 0.6) is 0 Å². The van der Waals surface area contributed by atoms with Crippen molar-refractivity contribution in [3.05, 3.63) is 21.8 Å². The summed E-state index contributed by atoms with van der Waals surface area (Å²) in [5, 5.41) is 13.8. The highest BCUT2D eigenvalue weighted by atomic mass is 32.2.